The molecule has 184 valence electrons. The van der Waals surface area contributed by atoms with Gasteiger partial charge in [-0.3, -0.25) is 14.5 Å². The Balaban J connectivity index is 1.48. The molecule has 8 heteroatoms. The number of amides is 2. The molecule has 2 aliphatic rings. The number of hydrogen-bond acceptors (Lipinski definition) is 3. The van der Waals surface area contributed by atoms with E-state index in [2.05, 4.69) is 37.9 Å². The number of rotatable bonds is 5. The number of halogens is 3. The molecule has 2 heterocycles. The van der Waals surface area contributed by atoms with E-state index in [1.807, 2.05) is 0 Å². The Bertz CT molecular complexity index is 820. The lowest BCUT2D eigenvalue weighted by Gasteiger charge is -2.45. The molecule has 2 unspecified atom stereocenters. The summed E-state index contributed by atoms with van der Waals surface area (Å²) in [5.41, 5.74) is -0.666. The number of nitrogens with one attached hydrogen (secondary N) is 1. The second kappa shape index (κ2) is 10.0. The van der Waals surface area contributed by atoms with Gasteiger partial charge in [-0.25, -0.2) is 0 Å². The molecule has 2 amide bonds. The summed E-state index contributed by atoms with van der Waals surface area (Å²) in [4.78, 5) is 29.5. The Kier molecular flexibility index (Phi) is 7.76. The minimum atomic E-state index is -4.42. The first-order valence-electron chi connectivity index (χ1n) is 11.9. The quantitative estimate of drug-likeness (QED) is 0.697. The number of piperidine rings is 2. The summed E-state index contributed by atoms with van der Waals surface area (Å²) < 4.78 is 38.2. The molecular weight excluding hydrogens is 431 g/mol. The van der Waals surface area contributed by atoms with Crippen LogP contribution in [0.1, 0.15) is 62.9 Å². The Morgan fingerprint density at radius 3 is 2.06 bits per heavy atom. The Labute approximate surface area is 194 Å². The summed E-state index contributed by atoms with van der Waals surface area (Å²) in [6.07, 6.45) is -2.08. The fourth-order valence-electron chi connectivity index (χ4n) is 5.05. The zero-order chi connectivity index (χ0) is 24.4. The van der Waals surface area contributed by atoms with Gasteiger partial charge in [0.1, 0.15) is 0 Å². The number of likely N-dealkylation sites (tertiary alicyclic amines) is 2. The van der Waals surface area contributed by atoms with Crippen LogP contribution in [0.15, 0.2) is 24.3 Å². The Morgan fingerprint density at radius 1 is 1.00 bits per heavy atom. The third kappa shape index (κ3) is 6.49. The lowest BCUT2D eigenvalue weighted by Crippen LogP contribution is -2.56. The van der Waals surface area contributed by atoms with Gasteiger partial charge >= 0.3 is 6.18 Å². The van der Waals surface area contributed by atoms with Crippen molar-refractivity contribution in [2.75, 3.05) is 32.7 Å². The molecule has 5 nitrogen and oxygen atoms in total. The predicted molar refractivity (Wildman–Crippen MR) is 122 cm³/mol. The van der Waals surface area contributed by atoms with Crippen molar-refractivity contribution in [1.29, 1.82) is 0 Å². The summed E-state index contributed by atoms with van der Waals surface area (Å²) in [5.74, 6) is 0.863. The topological polar surface area (TPSA) is 52.7 Å². The van der Waals surface area contributed by atoms with Crippen molar-refractivity contribution in [3.05, 3.63) is 35.4 Å². The van der Waals surface area contributed by atoms with Crippen LogP contribution in [0.4, 0.5) is 13.2 Å². The molecule has 3 rings (SSSR count). The molecule has 2 saturated heterocycles. The predicted octanol–water partition coefficient (Wildman–Crippen LogP) is 4.43. The van der Waals surface area contributed by atoms with E-state index >= 15 is 0 Å². The zero-order valence-electron chi connectivity index (χ0n) is 20.0. The van der Waals surface area contributed by atoms with E-state index < -0.39 is 11.7 Å². The minimum Gasteiger partial charge on any atom is -0.354 e. The van der Waals surface area contributed by atoms with E-state index in [9.17, 15) is 22.8 Å². The van der Waals surface area contributed by atoms with Crippen molar-refractivity contribution in [2.45, 2.75) is 58.7 Å². The summed E-state index contributed by atoms with van der Waals surface area (Å²) >= 11 is 0. The van der Waals surface area contributed by atoms with Gasteiger partial charge in [0.15, 0.2) is 0 Å². The number of alkyl halides is 3. The first-order valence-corrected chi connectivity index (χ1v) is 11.9. The molecule has 1 aromatic carbocycles. The molecule has 0 saturated carbocycles. The van der Waals surface area contributed by atoms with Crippen molar-refractivity contribution < 1.29 is 22.8 Å². The number of carbonyl (C=O) groups excluding carboxylic acids is 2. The van der Waals surface area contributed by atoms with E-state index in [0.29, 0.717) is 44.3 Å². The monoisotopic (exact) mass is 467 g/mol. The highest BCUT2D eigenvalue weighted by Crippen LogP contribution is 2.30. The Morgan fingerprint density at radius 2 is 1.55 bits per heavy atom. The molecule has 33 heavy (non-hydrogen) atoms. The van der Waals surface area contributed by atoms with Gasteiger partial charge < -0.3 is 10.2 Å². The third-order valence-corrected chi connectivity index (χ3v) is 7.03. The smallest absolute Gasteiger partial charge is 0.354 e. The molecule has 0 spiro atoms. The number of nitrogens with zero attached hydrogens (tertiary/aromatic N) is 2. The van der Waals surface area contributed by atoms with E-state index in [4.69, 9.17) is 0 Å². The van der Waals surface area contributed by atoms with Crippen LogP contribution in [0.2, 0.25) is 0 Å². The van der Waals surface area contributed by atoms with Gasteiger partial charge in [0.2, 0.25) is 5.91 Å². The molecule has 0 bridgehead atoms. The fraction of sp³-hybridized carbons (Fsp3) is 0.680. The lowest BCUT2D eigenvalue weighted by molar-refractivity contribution is -0.137. The first-order chi connectivity index (χ1) is 15.4. The zero-order valence-corrected chi connectivity index (χ0v) is 20.0. The summed E-state index contributed by atoms with van der Waals surface area (Å²) in [5, 5.41) is 3.13. The second-order valence-corrected chi connectivity index (χ2v) is 10.5. The number of benzene rings is 1. The fourth-order valence-corrected chi connectivity index (χ4v) is 5.05. The van der Waals surface area contributed by atoms with Crippen LogP contribution in [0.3, 0.4) is 0 Å². The first kappa shape index (κ1) is 25.5. The van der Waals surface area contributed by atoms with Crippen LogP contribution in [-0.2, 0) is 11.0 Å². The van der Waals surface area contributed by atoms with Gasteiger partial charge in [0, 0.05) is 49.7 Å². The summed E-state index contributed by atoms with van der Waals surface area (Å²) in [6, 6.07) is 4.29. The molecule has 0 radical (unpaired) electrons. The molecule has 2 aliphatic heterocycles. The van der Waals surface area contributed by atoms with Crippen LogP contribution < -0.4 is 5.32 Å². The van der Waals surface area contributed by atoms with E-state index in [-0.39, 0.29) is 28.8 Å². The van der Waals surface area contributed by atoms with E-state index in [1.165, 1.54) is 18.6 Å². The maximum atomic E-state index is 12.8. The van der Waals surface area contributed by atoms with Gasteiger partial charge in [0.25, 0.3) is 5.91 Å². The van der Waals surface area contributed by atoms with Crippen LogP contribution in [0, 0.1) is 17.8 Å². The van der Waals surface area contributed by atoms with Crippen LogP contribution in [0.5, 0.6) is 0 Å². The standard InChI is InChI=1S/C25H36F3N3O2/c1-17-13-18(2)15-31(14-17)24(3,4)16-29-22(32)19-9-11-30(12-10-19)23(33)20-5-7-21(8-6-20)25(26,27)28/h5-8,17-19H,9-16H2,1-4H3,(H,29,32). The maximum Gasteiger partial charge on any atom is 0.416 e. The molecule has 2 atom stereocenters. The molecule has 0 aromatic heterocycles. The summed E-state index contributed by atoms with van der Waals surface area (Å²) in [7, 11) is 0. The van der Waals surface area contributed by atoms with E-state index in [0.717, 1.165) is 25.2 Å². The van der Waals surface area contributed by atoms with Crippen molar-refractivity contribution >= 4 is 11.8 Å². The molecule has 2 fully saturated rings. The normalized spacial score (nSPS) is 23.4. The molecule has 1 aromatic rings. The third-order valence-electron chi connectivity index (χ3n) is 7.03. The molecule has 1 N–H and O–H groups in total. The van der Waals surface area contributed by atoms with Gasteiger partial charge in [-0.1, -0.05) is 13.8 Å². The van der Waals surface area contributed by atoms with Gasteiger partial charge in [0.05, 0.1) is 5.56 Å². The Hall–Kier alpha value is -2.09. The highest BCUT2D eigenvalue weighted by molar-refractivity contribution is 5.94. The van der Waals surface area contributed by atoms with E-state index in [1.54, 1.807) is 4.90 Å². The van der Waals surface area contributed by atoms with Gasteiger partial charge in [-0.05, 0) is 69.2 Å². The van der Waals surface area contributed by atoms with Crippen LogP contribution in [-0.4, -0.2) is 59.9 Å². The lowest BCUT2D eigenvalue weighted by atomic mass is 9.87. The highest BCUT2D eigenvalue weighted by Gasteiger charge is 2.35. The van der Waals surface area contributed by atoms with Crippen molar-refractivity contribution in [1.82, 2.24) is 15.1 Å². The minimum absolute atomic E-state index is 0.0165. The number of carbonyl (C=O) groups is 2. The average Bonchev–Trinajstić information content (AvgIpc) is 2.76. The average molecular weight is 468 g/mol. The SMILES string of the molecule is CC1CC(C)CN(C(C)(C)CNC(=O)C2CCN(C(=O)c3ccc(C(F)(F)F)cc3)CC2)C1. The van der Waals surface area contributed by atoms with Crippen molar-refractivity contribution in [3.63, 3.8) is 0 Å². The molecule has 0 aliphatic carbocycles. The summed E-state index contributed by atoms with van der Waals surface area (Å²) in [6.45, 7) is 12.4. The second-order valence-electron chi connectivity index (χ2n) is 10.5. The van der Waals surface area contributed by atoms with Crippen molar-refractivity contribution in [2.24, 2.45) is 17.8 Å². The van der Waals surface area contributed by atoms with Gasteiger partial charge in [-0.2, -0.15) is 13.2 Å². The maximum absolute atomic E-state index is 12.8. The number of hydrogen-bond donors (Lipinski definition) is 1. The largest absolute Gasteiger partial charge is 0.416 e. The van der Waals surface area contributed by atoms with Gasteiger partial charge in [-0.15, -0.1) is 0 Å². The molecular formula is C25H36F3N3O2. The van der Waals surface area contributed by atoms with Crippen LogP contribution in [0.25, 0.3) is 0 Å². The highest BCUT2D eigenvalue weighted by atomic mass is 19.4. The van der Waals surface area contributed by atoms with Crippen LogP contribution >= 0.6 is 0 Å². The van der Waals surface area contributed by atoms with Crippen molar-refractivity contribution in [3.8, 4) is 0 Å².